The van der Waals surface area contributed by atoms with Gasteiger partial charge in [0.25, 0.3) is 5.91 Å². The molecule has 0 atom stereocenters. The number of carbonyl (C=O) groups excluding carboxylic acids is 2. The average Bonchev–Trinajstić information content (AvgIpc) is 3.22. The van der Waals surface area contributed by atoms with Crippen molar-refractivity contribution in [2.24, 2.45) is 5.92 Å². The second kappa shape index (κ2) is 6.31. The van der Waals surface area contributed by atoms with Crippen LogP contribution < -0.4 is 10.6 Å². The highest BCUT2D eigenvalue weighted by Gasteiger charge is 2.28. The summed E-state index contributed by atoms with van der Waals surface area (Å²) in [5.74, 6) is -0.407. The SMILES string of the molecule is O=C(NCCCNC(=O)C1CC1)c1cccc(F)c1. The van der Waals surface area contributed by atoms with Crippen LogP contribution in [0.4, 0.5) is 4.39 Å². The zero-order chi connectivity index (χ0) is 13.7. The van der Waals surface area contributed by atoms with E-state index >= 15 is 0 Å². The molecule has 0 heterocycles. The van der Waals surface area contributed by atoms with Crippen LogP contribution in [-0.4, -0.2) is 24.9 Å². The van der Waals surface area contributed by atoms with Gasteiger partial charge in [0, 0.05) is 24.6 Å². The second-order valence-corrected chi connectivity index (χ2v) is 4.69. The third-order valence-corrected chi connectivity index (χ3v) is 2.97. The molecule has 1 saturated carbocycles. The van der Waals surface area contributed by atoms with Gasteiger partial charge in [0.2, 0.25) is 5.91 Å². The van der Waals surface area contributed by atoms with E-state index in [0.717, 1.165) is 12.8 Å². The van der Waals surface area contributed by atoms with E-state index in [9.17, 15) is 14.0 Å². The maximum absolute atomic E-state index is 12.9. The van der Waals surface area contributed by atoms with Gasteiger partial charge in [-0.05, 0) is 37.5 Å². The van der Waals surface area contributed by atoms with E-state index < -0.39 is 5.82 Å². The number of hydrogen-bond acceptors (Lipinski definition) is 2. The number of halogens is 1. The van der Waals surface area contributed by atoms with Crippen molar-refractivity contribution in [1.82, 2.24) is 10.6 Å². The summed E-state index contributed by atoms with van der Waals surface area (Å²) in [7, 11) is 0. The lowest BCUT2D eigenvalue weighted by Crippen LogP contribution is -2.30. The molecule has 2 amide bonds. The fraction of sp³-hybridized carbons (Fsp3) is 0.429. The highest BCUT2D eigenvalue weighted by Crippen LogP contribution is 2.28. The van der Waals surface area contributed by atoms with Gasteiger partial charge in [-0.3, -0.25) is 9.59 Å². The number of benzene rings is 1. The molecule has 0 saturated heterocycles. The van der Waals surface area contributed by atoms with Crippen molar-refractivity contribution in [3.63, 3.8) is 0 Å². The molecule has 0 spiro atoms. The normalized spacial score (nSPS) is 13.9. The Morgan fingerprint density at radius 3 is 2.63 bits per heavy atom. The summed E-state index contributed by atoms with van der Waals surface area (Å²) in [6.45, 7) is 1.01. The molecule has 2 rings (SSSR count). The smallest absolute Gasteiger partial charge is 0.251 e. The lowest BCUT2D eigenvalue weighted by atomic mass is 10.2. The van der Waals surface area contributed by atoms with Gasteiger partial charge in [-0.15, -0.1) is 0 Å². The van der Waals surface area contributed by atoms with Gasteiger partial charge in [0.15, 0.2) is 0 Å². The van der Waals surface area contributed by atoms with Crippen LogP contribution in [0.25, 0.3) is 0 Å². The molecule has 1 aromatic rings. The lowest BCUT2D eigenvalue weighted by molar-refractivity contribution is -0.122. The molecule has 0 aromatic heterocycles. The number of nitrogens with one attached hydrogen (secondary N) is 2. The summed E-state index contributed by atoms with van der Waals surface area (Å²) in [5, 5.41) is 5.50. The zero-order valence-corrected chi connectivity index (χ0v) is 10.6. The van der Waals surface area contributed by atoms with Crippen LogP contribution in [0.3, 0.4) is 0 Å². The highest BCUT2D eigenvalue weighted by atomic mass is 19.1. The van der Waals surface area contributed by atoms with E-state index in [0.29, 0.717) is 25.1 Å². The van der Waals surface area contributed by atoms with Gasteiger partial charge in [-0.25, -0.2) is 4.39 Å². The standard InChI is InChI=1S/C14H17FN2O2/c15-12-4-1-3-11(9-12)14(19)17-8-2-7-16-13(18)10-5-6-10/h1,3-4,9-10H,2,5-8H2,(H,16,18)(H,17,19). The Bertz CT molecular complexity index is 472. The summed E-state index contributed by atoms with van der Waals surface area (Å²) < 4.78 is 12.9. The monoisotopic (exact) mass is 264 g/mol. The molecular weight excluding hydrogens is 247 g/mol. The Labute approximate surface area is 111 Å². The lowest BCUT2D eigenvalue weighted by Gasteiger charge is -2.06. The van der Waals surface area contributed by atoms with E-state index in [-0.39, 0.29) is 17.7 Å². The van der Waals surface area contributed by atoms with Crippen LogP contribution >= 0.6 is 0 Å². The highest BCUT2D eigenvalue weighted by molar-refractivity contribution is 5.94. The maximum atomic E-state index is 12.9. The third-order valence-electron chi connectivity index (χ3n) is 2.97. The first-order valence-electron chi connectivity index (χ1n) is 6.48. The number of hydrogen-bond donors (Lipinski definition) is 2. The van der Waals surface area contributed by atoms with E-state index in [1.807, 2.05) is 0 Å². The van der Waals surface area contributed by atoms with E-state index in [2.05, 4.69) is 10.6 Å². The van der Waals surface area contributed by atoms with Crippen LogP contribution in [0.1, 0.15) is 29.6 Å². The van der Waals surface area contributed by atoms with Gasteiger partial charge < -0.3 is 10.6 Å². The van der Waals surface area contributed by atoms with Crippen molar-refractivity contribution in [1.29, 1.82) is 0 Å². The second-order valence-electron chi connectivity index (χ2n) is 4.69. The number of amides is 2. The predicted molar refractivity (Wildman–Crippen MR) is 69.1 cm³/mol. The Hall–Kier alpha value is -1.91. The van der Waals surface area contributed by atoms with E-state index in [1.165, 1.54) is 18.2 Å². The first-order valence-corrected chi connectivity index (χ1v) is 6.48. The molecule has 0 radical (unpaired) electrons. The molecular formula is C14H17FN2O2. The maximum Gasteiger partial charge on any atom is 0.251 e. The van der Waals surface area contributed by atoms with Crippen molar-refractivity contribution in [2.45, 2.75) is 19.3 Å². The van der Waals surface area contributed by atoms with Crippen LogP contribution in [0.2, 0.25) is 0 Å². The van der Waals surface area contributed by atoms with E-state index in [1.54, 1.807) is 6.07 Å². The molecule has 0 bridgehead atoms. The fourth-order valence-electron chi connectivity index (χ4n) is 1.72. The minimum atomic E-state index is -0.427. The zero-order valence-electron chi connectivity index (χ0n) is 10.6. The van der Waals surface area contributed by atoms with Crippen LogP contribution in [0.15, 0.2) is 24.3 Å². The first kappa shape index (κ1) is 13.5. The van der Waals surface area contributed by atoms with Gasteiger partial charge in [-0.1, -0.05) is 6.07 Å². The van der Waals surface area contributed by atoms with E-state index in [4.69, 9.17) is 0 Å². The average molecular weight is 264 g/mol. The summed E-state index contributed by atoms with van der Waals surface area (Å²) in [6, 6.07) is 5.56. The summed E-state index contributed by atoms with van der Waals surface area (Å²) >= 11 is 0. The largest absolute Gasteiger partial charge is 0.356 e. The van der Waals surface area contributed by atoms with Crippen molar-refractivity contribution >= 4 is 11.8 Å². The van der Waals surface area contributed by atoms with Gasteiger partial charge in [-0.2, -0.15) is 0 Å². The van der Waals surface area contributed by atoms with Crippen molar-refractivity contribution in [3.8, 4) is 0 Å². The molecule has 1 aromatic carbocycles. The molecule has 1 fully saturated rings. The van der Waals surface area contributed by atoms with Crippen molar-refractivity contribution in [2.75, 3.05) is 13.1 Å². The number of carbonyl (C=O) groups is 2. The molecule has 1 aliphatic carbocycles. The Kier molecular flexibility index (Phi) is 4.49. The molecule has 19 heavy (non-hydrogen) atoms. The number of rotatable bonds is 6. The quantitative estimate of drug-likeness (QED) is 0.764. The Morgan fingerprint density at radius 2 is 1.95 bits per heavy atom. The fourth-order valence-corrected chi connectivity index (χ4v) is 1.72. The molecule has 102 valence electrons. The molecule has 1 aliphatic rings. The Morgan fingerprint density at radius 1 is 1.21 bits per heavy atom. The summed E-state index contributed by atoms with van der Waals surface area (Å²) in [5.41, 5.74) is 0.307. The topological polar surface area (TPSA) is 58.2 Å². The molecule has 5 heteroatoms. The molecule has 2 N–H and O–H groups in total. The minimum absolute atomic E-state index is 0.108. The summed E-state index contributed by atoms with van der Waals surface area (Å²) in [4.78, 5) is 23.0. The predicted octanol–water partition coefficient (Wildman–Crippen LogP) is 1.47. The minimum Gasteiger partial charge on any atom is -0.356 e. The molecule has 4 nitrogen and oxygen atoms in total. The Balaban J connectivity index is 1.62. The van der Waals surface area contributed by atoms with Gasteiger partial charge in [0.1, 0.15) is 5.82 Å². The molecule has 0 unspecified atom stereocenters. The first-order chi connectivity index (χ1) is 9.16. The van der Waals surface area contributed by atoms with Crippen LogP contribution in [0.5, 0.6) is 0 Å². The summed E-state index contributed by atoms with van der Waals surface area (Å²) in [6.07, 6.45) is 2.64. The van der Waals surface area contributed by atoms with Crippen LogP contribution in [-0.2, 0) is 4.79 Å². The van der Waals surface area contributed by atoms with Gasteiger partial charge >= 0.3 is 0 Å². The molecule has 0 aliphatic heterocycles. The van der Waals surface area contributed by atoms with Crippen molar-refractivity contribution in [3.05, 3.63) is 35.6 Å². The van der Waals surface area contributed by atoms with Crippen molar-refractivity contribution < 1.29 is 14.0 Å². The van der Waals surface area contributed by atoms with Gasteiger partial charge in [0.05, 0.1) is 0 Å². The van der Waals surface area contributed by atoms with Crippen LogP contribution in [0, 0.1) is 11.7 Å². The third kappa shape index (κ3) is 4.35.